The summed E-state index contributed by atoms with van der Waals surface area (Å²) in [5, 5.41) is 4.29. The fraction of sp³-hybridized carbons (Fsp3) is 0.235. The van der Waals surface area contributed by atoms with Crippen LogP contribution < -0.4 is 5.43 Å². The molecule has 1 amide bonds. The number of hydrogen-bond donors (Lipinski definition) is 1. The number of hydrazone groups is 1. The summed E-state index contributed by atoms with van der Waals surface area (Å²) in [4.78, 5) is 16.0. The van der Waals surface area contributed by atoms with Gasteiger partial charge in [-0.1, -0.05) is 50.2 Å². The van der Waals surface area contributed by atoms with E-state index >= 15 is 0 Å². The lowest BCUT2D eigenvalue weighted by atomic mass is 10.0. The van der Waals surface area contributed by atoms with Crippen molar-refractivity contribution in [2.24, 2.45) is 11.0 Å². The number of pyridine rings is 1. The van der Waals surface area contributed by atoms with Crippen LogP contribution in [0.5, 0.6) is 0 Å². The van der Waals surface area contributed by atoms with E-state index in [2.05, 4.69) is 29.4 Å². The van der Waals surface area contributed by atoms with Crippen molar-refractivity contribution in [3.05, 3.63) is 66.0 Å². The molecule has 0 unspecified atom stereocenters. The van der Waals surface area contributed by atoms with Gasteiger partial charge in [-0.2, -0.15) is 5.10 Å². The fourth-order valence-electron chi connectivity index (χ4n) is 1.92. The van der Waals surface area contributed by atoms with Crippen LogP contribution in [0.4, 0.5) is 0 Å². The number of nitrogens with zero attached hydrogens (tertiary/aromatic N) is 2. The third-order valence-corrected chi connectivity index (χ3v) is 2.90. The van der Waals surface area contributed by atoms with Crippen molar-refractivity contribution >= 4 is 11.6 Å². The first-order valence-electron chi connectivity index (χ1n) is 7.00. The lowest BCUT2D eigenvalue weighted by molar-refractivity contribution is 0.0950. The van der Waals surface area contributed by atoms with E-state index in [-0.39, 0.29) is 5.91 Å². The molecule has 2 rings (SSSR count). The SMILES string of the molecule is CC(C)C/C(=N\NC(=O)c1ccccn1)c1ccccc1. The molecule has 0 fully saturated rings. The molecule has 0 aliphatic rings. The second-order valence-corrected chi connectivity index (χ2v) is 5.18. The highest BCUT2D eigenvalue weighted by Gasteiger charge is 2.09. The van der Waals surface area contributed by atoms with E-state index < -0.39 is 0 Å². The molecule has 4 nitrogen and oxygen atoms in total. The molecule has 0 saturated heterocycles. The molecular formula is C17H19N3O. The van der Waals surface area contributed by atoms with Crippen LogP contribution in [0.2, 0.25) is 0 Å². The largest absolute Gasteiger partial charge is 0.289 e. The first-order chi connectivity index (χ1) is 10.2. The predicted octanol–water partition coefficient (Wildman–Crippen LogP) is 3.26. The molecule has 1 aromatic carbocycles. The summed E-state index contributed by atoms with van der Waals surface area (Å²) < 4.78 is 0. The van der Waals surface area contributed by atoms with Crippen LogP contribution in [0.25, 0.3) is 0 Å². The molecule has 4 heteroatoms. The number of rotatable bonds is 5. The van der Waals surface area contributed by atoms with Crippen molar-refractivity contribution in [1.29, 1.82) is 0 Å². The minimum Gasteiger partial charge on any atom is -0.266 e. The molecule has 0 radical (unpaired) electrons. The van der Waals surface area contributed by atoms with Gasteiger partial charge < -0.3 is 0 Å². The Kier molecular flexibility index (Phi) is 5.21. The van der Waals surface area contributed by atoms with Gasteiger partial charge in [-0.15, -0.1) is 0 Å². The maximum atomic E-state index is 12.0. The fourth-order valence-corrected chi connectivity index (χ4v) is 1.92. The number of carbonyl (C=O) groups excluding carboxylic acids is 1. The molecule has 0 atom stereocenters. The van der Waals surface area contributed by atoms with E-state index in [0.29, 0.717) is 11.6 Å². The van der Waals surface area contributed by atoms with Crippen molar-refractivity contribution in [3.63, 3.8) is 0 Å². The third-order valence-electron chi connectivity index (χ3n) is 2.90. The Morgan fingerprint density at radius 3 is 2.48 bits per heavy atom. The van der Waals surface area contributed by atoms with Gasteiger partial charge in [-0.05, 0) is 30.0 Å². The number of aromatic nitrogens is 1. The Bertz CT molecular complexity index is 606. The summed E-state index contributed by atoms with van der Waals surface area (Å²) in [7, 11) is 0. The molecule has 0 bridgehead atoms. The van der Waals surface area contributed by atoms with Gasteiger partial charge >= 0.3 is 0 Å². The van der Waals surface area contributed by atoms with Crippen LogP contribution in [0.15, 0.2) is 59.8 Å². The molecule has 1 heterocycles. The van der Waals surface area contributed by atoms with Gasteiger partial charge in [0.15, 0.2) is 0 Å². The van der Waals surface area contributed by atoms with E-state index in [0.717, 1.165) is 17.7 Å². The van der Waals surface area contributed by atoms with Crippen molar-refractivity contribution in [1.82, 2.24) is 10.4 Å². The number of amides is 1. The molecule has 1 N–H and O–H groups in total. The maximum Gasteiger partial charge on any atom is 0.289 e. The molecular weight excluding hydrogens is 262 g/mol. The lowest BCUT2D eigenvalue weighted by Gasteiger charge is -2.09. The lowest BCUT2D eigenvalue weighted by Crippen LogP contribution is -2.21. The highest BCUT2D eigenvalue weighted by Crippen LogP contribution is 2.10. The molecule has 0 spiro atoms. The van der Waals surface area contributed by atoms with Crippen molar-refractivity contribution in [2.45, 2.75) is 20.3 Å². The van der Waals surface area contributed by atoms with Gasteiger partial charge in [0.2, 0.25) is 0 Å². The minimum atomic E-state index is -0.298. The van der Waals surface area contributed by atoms with Crippen LogP contribution in [0.3, 0.4) is 0 Å². The topological polar surface area (TPSA) is 54.4 Å². The first-order valence-corrected chi connectivity index (χ1v) is 7.00. The molecule has 0 aliphatic heterocycles. The van der Waals surface area contributed by atoms with Crippen molar-refractivity contribution in [3.8, 4) is 0 Å². The van der Waals surface area contributed by atoms with Gasteiger partial charge in [-0.3, -0.25) is 9.78 Å². The summed E-state index contributed by atoms with van der Waals surface area (Å²) in [6.45, 7) is 4.25. The predicted molar refractivity (Wildman–Crippen MR) is 84.1 cm³/mol. The summed E-state index contributed by atoms with van der Waals surface area (Å²) in [5.74, 6) is 0.156. The zero-order valence-corrected chi connectivity index (χ0v) is 12.3. The number of nitrogens with one attached hydrogen (secondary N) is 1. The Labute approximate surface area is 124 Å². The molecule has 0 saturated carbocycles. The quantitative estimate of drug-likeness (QED) is 0.675. The summed E-state index contributed by atoms with van der Waals surface area (Å²) in [6, 6.07) is 15.1. The number of benzene rings is 1. The van der Waals surface area contributed by atoms with E-state index in [1.54, 1.807) is 24.4 Å². The second-order valence-electron chi connectivity index (χ2n) is 5.18. The normalized spacial score (nSPS) is 11.5. The monoisotopic (exact) mass is 281 g/mol. The minimum absolute atomic E-state index is 0.298. The Balaban J connectivity index is 2.16. The Morgan fingerprint density at radius 2 is 1.86 bits per heavy atom. The highest BCUT2D eigenvalue weighted by atomic mass is 16.2. The maximum absolute atomic E-state index is 12.0. The smallest absolute Gasteiger partial charge is 0.266 e. The zero-order valence-electron chi connectivity index (χ0n) is 12.3. The Morgan fingerprint density at radius 1 is 1.14 bits per heavy atom. The highest BCUT2D eigenvalue weighted by molar-refractivity contribution is 6.02. The second kappa shape index (κ2) is 7.33. The van der Waals surface area contributed by atoms with Crippen molar-refractivity contribution in [2.75, 3.05) is 0 Å². The van der Waals surface area contributed by atoms with E-state index in [1.165, 1.54) is 0 Å². The van der Waals surface area contributed by atoms with Crippen LogP contribution >= 0.6 is 0 Å². The molecule has 2 aromatic rings. The van der Waals surface area contributed by atoms with Gasteiger partial charge in [0.05, 0.1) is 5.71 Å². The number of carbonyl (C=O) groups is 1. The third kappa shape index (κ3) is 4.53. The first kappa shape index (κ1) is 14.9. The van der Waals surface area contributed by atoms with Gasteiger partial charge in [0.1, 0.15) is 5.69 Å². The van der Waals surface area contributed by atoms with Gasteiger partial charge in [-0.25, -0.2) is 5.43 Å². The average Bonchev–Trinajstić information content (AvgIpc) is 2.52. The van der Waals surface area contributed by atoms with Gasteiger partial charge in [0, 0.05) is 6.20 Å². The standard InChI is InChI=1S/C17H19N3O/c1-13(2)12-16(14-8-4-3-5-9-14)19-20-17(21)15-10-6-7-11-18-15/h3-11,13H,12H2,1-2H3,(H,20,21)/b19-16+. The summed E-state index contributed by atoms with van der Waals surface area (Å²) >= 11 is 0. The zero-order chi connectivity index (χ0) is 15.1. The molecule has 0 aliphatic carbocycles. The van der Waals surface area contributed by atoms with Crippen LogP contribution in [-0.2, 0) is 0 Å². The summed E-state index contributed by atoms with van der Waals surface area (Å²) in [6.07, 6.45) is 2.39. The van der Waals surface area contributed by atoms with Crippen LogP contribution in [-0.4, -0.2) is 16.6 Å². The molecule has 21 heavy (non-hydrogen) atoms. The van der Waals surface area contributed by atoms with Gasteiger partial charge in [0.25, 0.3) is 5.91 Å². The summed E-state index contributed by atoms with van der Waals surface area (Å²) in [5.41, 5.74) is 4.84. The van der Waals surface area contributed by atoms with Crippen LogP contribution in [0, 0.1) is 5.92 Å². The number of hydrogen-bond acceptors (Lipinski definition) is 3. The molecule has 108 valence electrons. The average molecular weight is 281 g/mol. The molecule has 1 aromatic heterocycles. The van der Waals surface area contributed by atoms with E-state index in [1.807, 2.05) is 30.3 Å². The van der Waals surface area contributed by atoms with Crippen LogP contribution in [0.1, 0.15) is 36.3 Å². The van der Waals surface area contributed by atoms with E-state index in [9.17, 15) is 4.79 Å². The van der Waals surface area contributed by atoms with Crippen molar-refractivity contribution < 1.29 is 4.79 Å². The van der Waals surface area contributed by atoms with E-state index in [4.69, 9.17) is 0 Å². The Hall–Kier alpha value is -2.49.